The van der Waals surface area contributed by atoms with E-state index in [9.17, 15) is 8.78 Å². The van der Waals surface area contributed by atoms with E-state index in [4.69, 9.17) is 23.8 Å². The summed E-state index contributed by atoms with van der Waals surface area (Å²) in [7, 11) is 0. The van der Waals surface area contributed by atoms with E-state index < -0.39 is 0 Å². The van der Waals surface area contributed by atoms with Crippen molar-refractivity contribution in [3.63, 3.8) is 0 Å². The Balaban J connectivity index is 1.33. The Kier molecular flexibility index (Phi) is 6.24. The molecule has 0 atom stereocenters. The Hall–Kier alpha value is -3.30. The van der Waals surface area contributed by atoms with Crippen LogP contribution in [0.15, 0.2) is 67.1 Å². The van der Waals surface area contributed by atoms with Gasteiger partial charge in [0.25, 0.3) is 0 Å². The second-order valence-electron chi connectivity index (χ2n) is 6.73. The highest BCUT2D eigenvalue weighted by Gasteiger charge is 2.08. The van der Waals surface area contributed by atoms with Gasteiger partial charge in [0, 0.05) is 29.0 Å². The summed E-state index contributed by atoms with van der Waals surface area (Å²) < 4.78 is 30.3. The van der Waals surface area contributed by atoms with E-state index in [0.717, 1.165) is 5.56 Å². The zero-order valence-corrected chi connectivity index (χ0v) is 17.7. The van der Waals surface area contributed by atoms with Crippen LogP contribution in [0.5, 0.6) is 0 Å². The maximum Gasteiger partial charge on any atom is 0.176 e. The molecule has 10 heteroatoms. The van der Waals surface area contributed by atoms with E-state index in [1.54, 1.807) is 58.3 Å². The van der Waals surface area contributed by atoms with Gasteiger partial charge in [-0.05, 0) is 36.0 Å². The van der Waals surface area contributed by atoms with E-state index in [1.807, 2.05) is 0 Å². The zero-order valence-electron chi connectivity index (χ0n) is 16.1. The molecule has 0 bridgehead atoms. The Morgan fingerprint density at radius 1 is 1.00 bits per heavy atom. The fourth-order valence-corrected chi connectivity index (χ4v) is 3.38. The molecule has 0 fully saturated rings. The zero-order chi connectivity index (χ0) is 21.8. The minimum atomic E-state index is -0.385. The fraction of sp³-hybridized carbons (Fsp3) is 0.0952. The van der Waals surface area contributed by atoms with Crippen molar-refractivity contribution in [2.75, 3.05) is 10.6 Å². The number of aromatic nitrogens is 4. The number of rotatable bonds is 6. The van der Waals surface area contributed by atoms with Crippen molar-refractivity contribution in [1.29, 1.82) is 0 Å². The first-order valence-corrected chi connectivity index (χ1v) is 10.1. The molecule has 2 aromatic carbocycles. The van der Waals surface area contributed by atoms with Gasteiger partial charge in [0.1, 0.15) is 11.6 Å². The monoisotopic (exact) mass is 458 g/mol. The maximum atomic E-state index is 13.8. The minimum absolute atomic E-state index is 0.274. The molecule has 0 amide bonds. The van der Waals surface area contributed by atoms with Crippen LogP contribution in [0.1, 0.15) is 11.1 Å². The Labute approximate surface area is 187 Å². The summed E-state index contributed by atoms with van der Waals surface area (Å²) in [5.74, 6) is -0.132. The molecule has 0 aliphatic carbocycles. The topological polar surface area (TPSA) is 59.7 Å². The summed E-state index contributed by atoms with van der Waals surface area (Å²) in [4.78, 5) is 0. The van der Waals surface area contributed by atoms with Crippen molar-refractivity contribution in [3.8, 4) is 0 Å². The second kappa shape index (κ2) is 9.23. The highest BCUT2D eigenvalue weighted by Crippen LogP contribution is 2.19. The van der Waals surface area contributed by atoms with Gasteiger partial charge in [-0.1, -0.05) is 35.9 Å². The van der Waals surface area contributed by atoms with E-state index in [0.29, 0.717) is 40.3 Å². The molecule has 4 rings (SSSR count). The van der Waals surface area contributed by atoms with Crippen LogP contribution in [0.25, 0.3) is 0 Å². The van der Waals surface area contributed by atoms with Gasteiger partial charge >= 0.3 is 0 Å². The molecule has 0 unspecified atom stereocenters. The lowest BCUT2D eigenvalue weighted by atomic mass is 10.2. The molecule has 0 aliphatic heterocycles. The van der Waals surface area contributed by atoms with Crippen molar-refractivity contribution in [3.05, 3.63) is 94.9 Å². The van der Waals surface area contributed by atoms with Crippen LogP contribution in [-0.2, 0) is 13.1 Å². The fourth-order valence-electron chi connectivity index (χ4n) is 2.94. The summed E-state index contributed by atoms with van der Waals surface area (Å²) in [6.07, 6.45) is 5.11. The molecule has 2 aromatic heterocycles. The van der Waals surface area contributed by atoms with Gasteiger partial charge in [-0.3, -0.25) is 9.36 Å². The number of anilines is 2. The lowest BCUT2D eigenvalue weighted by molar-refractivity contribution is 0.586. The van der Waals surface area contributed by atoms with Gasteiger partial charge in [-0.15, -0.1) is 0 Å². The van der Waals surface area contributed by atoms with Crippen molar-refractivity contribution >= 4 is 40.4 Å². The van der Waals surface area contributed by atoms with Crippen LogP contribution in [0.3, 0.4) is 0 Å². The van der Waals surface area contributed by atoms with E-state index >= 15 is 0 Å². The molecule has 6 nitrogen and oxygen atoms in total. The predicted molar refractivity (Wildman–Crippen MR) is 120 cm³/mol. The van der Waals surface area contributed by atoms with E-state index in [1.165, 1.54) is 18.2 Å². The van der Waals surface area contributed by atoms with Crippen molar-refractivity contribution in [1.82, 2.24) is 19.6 Å². The molecule has 2 N–H and O–H groups in total. The van der Waals surface area contributed by atoms with Crippen LogP contribution >= 0.6 is 23.8 Å². The first-order valence-electron chi connectivity index (χ1n) is 9.27. The Bertz CT molecular complexity index is 1220. The van der Waals surface area contributed by atoms with E-state index in [-0.39, 0.29) is 11.6 Å². The van der Waals surface area contributed by atoms with Crippen LogP contribution in [0.4, 0.5) is 20.3 Å². The highest BCUT2D eigenvalue weighted by molar-refractivity contribution is 7.80. The minimum Gasteiger partial charge on any atom is -0.330 e. The average molecular weight is 459 g/mol. The van der Waals surface area contributed by atoms with Crippen LogP contribution < -0.4 is 10.6 Å². The standard InChI is InChI=1S/C21H17ClF2N6S/c22-18-9-16(23)6-5-14(18)11-30-13-17(10-25-30)26-21(31)27-20-7-8-29(28-20)12-15-3-1-2-4-19(15)24/h1-10,13H,11-12H2,(H2,26,27,28,31). The number of hydrogen-bond donors (Lipinski definition) is 2. The van der Waals surface area contributed by atoms with Gasteiger partial charge in [0.2, 0.25) is 0 Å². The molecular weight excluding hydrogens is 442 g/mol. The van der Waals surface area contributed by atoms with Crippen molar-refractivity contribution < 1.29 is 8.78 Å². The number of nitrogens with zero attached hydrogens (tertiary/aromatic N) is 4. The number of halogens is 3. The first kappa shape index (κ1) is 21.0. The normalized spacial score (nSPS) is 10.8. The second-order valence-corrected chi connectivity index (χ2v) is 7.55. The molecule has 4 aromatic rings. The van der Waals surface area contributed by atoms with Gasteiger partial charge in [-0.2, -0.15) is 10.2 Å². The molecule has 0 spiro atoms. The number of thiocarbonyl (C=S) groups is 1. The summed E-state index contributed by atoms with van der Waals surface area (Å²) in [5.41, 5.74) is 1.96. The quantitative estimate of drug-likeness (QED) is 0.402. The number of hydrogen-bond acceptors (Lipinski definition) is 3. The lowest BCUT2D eigenvalue weighted by Crippen LogP contribution is -2.19. The lowest BCUT2D eigenvalue weighted by Gasteiger charge is -2.07. The molecular formula is C21H17ClF2N6S. The third kappa shape index (κ3) is 5.44. The molecule has 0 saturated carbocycles. The summed E-state index contributed by atoms with van der Waals surface area (Å²) >= 11 is 11.4. The molecule has 0 aliphatic rings. The van der Waals surface area contributed by atoms with Crippen molar-refractivity contribution in [2.45, 2.75) is 13.1 Å². The average Bonchev–Trinajstić information content (AvgIpc) is 3.35. The molecule has 158 valence electrons. The Morgan fingerprint density at radius 3 is 2.61 bits per heavy atom. The summed E-state index contributed by atoms with van der Waals surface area (Å²) in [6, 6.07) is 12.6. The molecule has 31 heavy (non-hydrogen) atoms. The van der Waals surface area contributed by atoms with Crippen LogP contribution in [-0.4, -0.2) is 24.7 Å². The predicted octanol–water partition coefficient (Wildman–Crippen LogP) is 4.92. The maximum absolute atomic E-state index is 13.8. The van der Waals surface area contributed by atoms with Gasteiger partial charge in [0.15, 0.2) is 10.9 Å². The first-order chi connectivity index (χ1) is 15.0. The largest absolute Gasteiger partial charge is 0.330 e. The van der Waals surface area contributed by atoms with Crippen molar-refractivity contribution in [2.24, 2.45) is 0 Å². The third-order valence-corrected chi connectivity index (χ3v) is 4.97. The van der Waals surface area contributed by atoms with E-state index in [2.05, 4.69) is 20.8 Å². The van der Waals surface area contributed by atoms with Gasteiger partial charge < -0.3 is 10.6 Å². The number of benzene rings is 2. The van der Waals surface area contributed by atoms with Gasteiger partial charge in [-0.25, -0.2) is 8.78 Å². The van der Waals surface area contributed by atoms with Crippen LogP contribution in [0, 0.1) is 11.6 Å². The number of nitrogens with one attached hydrogen (secondary N) is 2. The molecule has 2 heterocycles. The molecule has 0 radical (unpaired) electrons. The van der Waals surface area contributed by atoms with Gasteiger partial charge in [0.05, 0.1) is 25.0 Å². The Morgan fingerprint density at radius 2 is 1.81 bits per heavy atom. The SMILES string of the molecule is Fc1ccc(Cn2cc(NC(=S)Nc3ccn(Cc4ccccc4F)n3)cn2)c(Cl)c1. The van der Waals surface area contributed by atoms with Crippen LogP contribution in [0.2, 0.25) is 5.02 Å². The smallest absolute Gasteiger partial charge is 0.176 e. The highest BCUT2D eigenvalue weighted by atomic mass is 35.5. The summed E-state index contributed by atoms with van der Waals surface area (Å²) in [5, 5.41) is 15.3. The third-order valence-electron chi connectivity index (χ3n) is 4.41. The molecule has 0 saturated heterocycles. The summed E-state index contributed by atoms with van der Waals surface area (Å²) in [6.45, 7) is 0.703.